The lowest BCUT2D eigenvalue weighted by atomic mass is 10.0. The molecule has 1 atom stereocenters. The van der Waals surface area contributed by atoms with Gasteiger partial charge in [0, 0.05) is 24.3 Å². The average Bonchev–Trinajstić information content (AvgIpc) is 3.23. The molecule has 2 heterocycles. The third-order valence-electron chi connectivity index (χ3n) is 5.84. The lowest BCUT2D eigenvalue weighted by Crippen LogP contribution is -2.55. The Kier molecular flexibility index (Phi) is 5.40. The number of nitrogens with zero attached hydrogens (tertiary/aromatic N) is 4. The molecule has 1 amide bonds. The standard InChI is InChI=1S/C21H27N5O3S/c1-4-17-21(27)25(2)18-13-22-19(23-20(18)26(17)16-10-5-6-11-16)14-8-7-9-15(12-14)24-30(3,28)29/h7-9,12-13,16-17,24H,4-6,10-11H2,1-3H3/t17-/m1/s1. The number of amides is 1. The highest BCUT2D eigenvalue weighted by molar-refractivity contribution is 7.92. The van der Waals surface area contributed by atoms with Gasteiger partial charge in [-0.25, -0.2) is 18.4 Å². The van der Waals surface area contributed by atoms with E-state index in [-0.39, 0.29) is 11.9 Å². The zero-order chi connectivity index (χ0) is 21.5. The van der Waals surface area contributed by atoms with E-state index in [1.807, 2.05) is 13.0 Å². The quantitative estimate of drug-likeness (QED) is 0.785. The molecule has 1 aromatic carbocycles. The molecule has 1 fully saturated rings. The SMILES string of the molecule is CC[C@@H]1C(=O)N(C)c2cnc(-c3cccc(NS(C)(=O)=O)c3)nc2N1C1CCCC1. The number of anilines is 3. The number of aromatic nitrogens is 2. The molecule has 30 heavy (non-hydrogen) atoms. The first-order chi connectivity index (χ1) is 14.3. The molecule has 1 aliphatic carbocycles. The van der Waals surface area contributed by atoms with Crippen LogP contribution in [0.2, 0.25) is 0 Å². The maximum absolute atomic E-state index is 13.0. The summed E-state index contributed by atoms with van der Waals surface area (Å²) < 4.78 is 25.6. The number of benzene rings is 1. The summed E-state index contributed by atoms with van der Waals surface area (Å²) in [4.78, 5) is 26.2. The maximum Gasteiger partial charge on any atom is 0.249 e. The van der Waals surface area contributed by atoms with Gasteiger partial charge in [-0.2, -0.15) is 0 Å². The summed E-state index contributed by atoms with van der Waals surface area (Å²) in [7, 11) is -1.60. The second-order valence-corrected chi connectivity index (χ2v) is 9.77. The average molecular weight is 430 g/mol. The minimum absolute atomic E-state index is 0.0765. The molecule has 2 aliphatic rings. The van der Waals surface area contributed by atoms with E-state index >= 15 is 0 Å². The molecular formula is C21H27N5O3S. The molecule has 0 bridgehead atoms. The van der Waals surface area contributed by atoms with Crippen molar-refractivity contribution in [1.29, 1.82) is 0 Å². The van der Waals surface area contributed by atoms with Crippen LogP contribution in [0.15, 0.2) is 30.5 Å². The van der Waals surface area contributed by atoms with Gasteiger partial charge in [0.15, 0.2) is 11.6 Å². The van der Waals surface area contributed by atoms with Crippen molar-refractivity contribution in [2.24, 2.45) is 0 Å². The van der Waals surface area contributed by atoms with Crippen LogP contribution in [-0.4, -0.2) is 49.7 Å². The summed E-state index contributed by atoms with van der Waals surface area (Å²) in [5.41, 5.74) is 1.89. The van der Waals surface area contributed by atoms with Gasteiger partial charge in [0.1, 0.15) is 11.7 Å². The molecule has 160 valence electrons. The van der Waals surface area contributed by atoms with E-state index in [1.165, 1.54) is 0 Å². The fourth-order valence-electron chi connectivity index (χ4n) is 4.46. The van der Waals surface area contributed by atoms with E-state index in [0.717, 1.165) is 37.8 Å². The monoisotopic (exact) mass is 429 g/mol. The highest BCUT2D eigenvalue weighted by atomic mass is 32.2. The predicted molar refractivity (Wildman–Crippen MR) is 118 cm³/mol. The van der Waals surface area contributed by atoms with Crippen molar-refractivity contribution >= 4 is 33.1 Å². The van der Waals surface area contributed by atoms with Crippen LogP contribution in [0.25, 0.3) is 11.4 Å². The molecule has 0 spiro atoms. The van der Waals surface area contributed by atoms with Crippen LogP contribution in [0.4, 0.5) is 17.2 Å². The van der Waals surface area contributed by atoms with Crippen LogP contribution in [0.5, 0.6) is 0 Å². The molecule has 0 unspecified atom stereocenters. The number of carbonyl (C=O) groups is 1. The molecular weight excluding hydrogens is 402 g/mol. The Labute approximate surface area is 177 Å². The van der Waals surface area contributed by atoms with Gasteiger partial charge in [-0.05, 0) is 31.4 Å². The molecule has 0 radical (unpaired) electrons. The van der Waals surface area contributed by atoms with Crippen molar-refractivity contribution < 1.29 is 13.2 Å². The molecule has 2 aromatic rings. The Bertz CT molecular complexity index is 1070. The Morgan fingerprint density at radius 1 is 1.23 bits per heavy atom. The van der Waals surface area contributed by atoms with Crippen molar-refractivity contribution in [3.8, 4) is 11.4 Å². The van der Waals surface area contributed by atoms with Gasteiger partial charge in [0.05, 0.1) is 12.5 Å². The third kappa shape index (κ3) is 3.86. The number of sulfonamides is 1. The minimum Gasteiger partial charge on any atom is -0.340 e. The van der Waals surface area contributed by atoms with Gasteiger partial charge < -0.3 is 9.80 Å². The first kappa shape index (κ1) is 20.6. The van der Waals surface area contributed by atoms with Gasteiger partial charge in [-0.3, -0.25) is 9.52 Å². The lowest BCUT2D eigenvalue weighted by molar-refractivity contribution is -0.120. The van der Waals surface area contributed by atoms with E-state index in [1.54, 1.807) is 36.3 Å². The van der Waals surface area contributed by atoms with Crippen molar-refractivity contribution in [3.63, 3.8) is 0 Å². The summed E-state index contributed by atoms with van der Waals surface area (Å²) in [6, 6.07) is 7.10. The van der Waals surface area contributed by atoms with Crippen LogP contribution in [0.1, 0.15) is 39.0 Å². The molecule has 4 rings (SSSR count). The van der Waals surface area contributed by atoms with Crippen molar-refractivity contribution in [3.05, 3.63) is 30.5 Å². The third-order valence-corrected chi connectivity index (χ3v) is 6.44. The highest BCUT2D eigenvalue weighted by Crippen LogP contribution is 2.40. The highest BCUT2D eigenvalue weighted by Gasteiger charge is 2.41. The zero-order valence-corrected chi connectivity index (χ0v) is 18.3. The van der Waals surface area contributed by atoms with Gasteiger partial charge in [0.2, 0.25) is 15.9 Å². The number of likely N-dealkylation sites (N-methyl/N-ethyl adjacent to an activating group) is 1. The largest absolute Gasteiger partial charge is 0.340 e. The van der Waals surface area contributed by atoms with Gasteiger partial charge in [0.25, 0.3) is 0 Å². The fraction of sp³-hybridized carbons (Fsp3) is 0.476. The predicted octanol–water partition coefficient (Wildman–Crippen LogP) is 3.02. The number of rotatable bonds is 5. The minimum atomic E-state index is -3.38. The zero-order valence-electron chi connectivity index (χ0n) is 17.5. The Hall–Kier alpha value is -2.68. The number of nitrogens with one attached hydrogen (secondary N) is 1. The van der Waals surface area contributed by atoms with E-state index in [0.29, 0.717) is 35.2 Å². The summed E-state index contributed by atoms with van der Waals surface area (Å²) in [6.07, 6.45) is 7.96. The molecule has 1 aliphatic heterocycles. The molecule has 9 heteroatoms. The molecule has 0 saturated heterocycles. The van der Waals surface area contributed by atoms with Crippen LogP contribution in [0.3, 0.4) is 0 Å². The Morgan fingerprint density at radius 2 is 1.97 bits per heavy atom. The van der Waals surface area contributed by atoms with Crippen LogP contribution < -0.4 is 14.5 Å². The maximum atomic E-state index is 13.0. The molecule has 1 aromatic heterocycles. The Morgan fingerprint density at radius 3 is 2.63 bits per heavy atom. The molecule has 1 N–H and O–H groups in total. The second kappa shape index (κ2) is 7.86. The molecule has 1 saturated carbocycles. The van der Waals surface area contributed by atoms with Gasteiger partial charge in [-0.15, -0.1) is 0 Å². The number of fused-ring (bicyclic) bond motifs is 1. The fourth-order valence-corrected chi connectivity index (χ4v) is 5.01. The smallest absolute Gasteiger partial charge is 0.249 e. The van der Waals surface area contributed by atoms with Crippen LogP contribution in [0, 0.1) is 0 Å². The van der Waals surface area contributed by atoms with E-state index in [2.05, 4.69) is 14.6 Å². The van der Waals surface area contributed by atoms with Gasteiger partial charge in [-0.1, -0.05) is 31.9 Å². The summed E-state index contributed by atoms with van der Waals surface area (Å²) in [5.74, 6) is 1.36. The van der Waals surface area contributed by atoms with E-state index < -0.39 is 10.0 Å². The van der Waals surface area contributed by atoms with Crippen molar-refractivity contribution in [1.82, 2.24) is 9.97 Å². The topological polar surface area (TPSA) is 95.5 Å². The first-order valence-electron chi connectivity index (χ1n) is 10.3. The Balaban J connectivity index is 1.79. The number of carbonyl (C=O) groups excluding carboxylic acids is 1. The van der Waals surface area contributed by atoms with Crippen LogP contribution >= 0.6 is 0 Å². The number of hydrogen-bond donors (Lipinski definition) is 1. The van der Waals surface area contributed by atoms with Gasteiger partial charge >= 0.3 is 0 Å². The molecule has 8 nitrogen and oxygen atoms in total. The van der Waals surface area contributed by atoms with Crippen molar-refractivity contribution in [2.45, 2.75) is 51.1 Å². The first-order valence-corrected chi connectivity index (χ1v) is 12.2. The van der Waals surface area contributed by atoms with Crippen LogP contribution in [-0.2, 0) is 14.8 Å². The lowest BCUT2D eigenvalue weighted by Gasteiger charge is -2.43. The summed E-state index contributed by atoms with van der Waals surface area (Å²) in [6.45, 7) is 2.03. The number of hydrogen-bond acceptors (Lipinski definition) is 6. The second-order valence-electron chi connectivity index (χ2n) is 8.02. The van der Waals surface area contributed by atoms with E-state index in [9.17, 15) is 13.2 Å². The van der Waals surface area contributed by atoms with Crippen molar-refractivity contribution in [2.75, 3.05) is 27.8 Å². The normalized spacial score (nSPS) is 19.8. The summed E-state index contributed by atoms with van der Waals surface area (Å²) in [5, 5.41) is 0. The summed E-state index contributed by atoms with van der Waals surface area (Å²) >= 11 is 0. The van der Waals surface area contributed by atoms with E-state index in [4.69, 9.17) is 4.98 Å².